The van der Waals surface area contributed by atoms with E-state index in [1.54, 1.807) is 0 Å². The summed E-state index contributed by atoms with van der Waals surface area (Å²) in [5.41, 5.74) is 0. The van der Waals surface area contributed by atoms with Gasteiger partial charge in [-0.2, -0.15) is 0 Å². The van der Waals surface area contributed by atoms with Gasteiger partial charge in [-0.1, -0.05) is 15.9 Å². The van der Waals surface area contributed by atoms with E-state index in [1.165, 1.54) is 0 Å². The molecule has 14 heavy (non-hydrogen) atoms. The molecule has 1 atom stereocenters. The third kappa shape index (κ3) is 4.22. The van der Waals surface area contributed by atoms with E-state index in [0.717, 1.165) is 13.1 Å². The number of hydrogen-bond acceptors (Lipinski definition) is 4. The Bertz CT molecular complexity index is 270. The molecule has 0 amide bonds. The van der Waals surface area contributed by atoms with Crippen molar-refractivity contribution >= 4 is 26.0 Å². The molecule has 1 fully saturated rings. The first-order valence-corrected chi connectivity index (χ1v) is 7.14. The Morgan fingerprint density at radius 3 is 2.93 bits per heavy atom. The van der Waals surface area contributed by atoms with E-state index < -0.39 is 10.0 Å². The van der Waals surface area contributed by atoms with Crippen molar-refractivity contribution in [2.75, 3.05) is 38.0 Å². The van der Waals surface area contributed by atoms with Gasteiger partial charge in [0.1, 0.15) is 4.66 Å². The third-order valence-electron chi connectivity index (χ3n) is 2.02. The summed E-state index contributed by atoms with van der Waals surface area (Å²) < 4.78 is 30.0. The number of likely N-dealkylation sites (N-methyl/N-ethyl adjacent to an activating group) is 1. The molecular weight excluding hydrogens is 272 g/mol. The van der Waals surface area contributed by atoms with E-state index in [1.807, 2.05) is 7.05 Å². The van der Waals surface area contributed by atoms with Crippen LogP contribution in [0.4, 0.5) is 0 Å². The maximum absolute atomic E-state index is 11.1. The molecule has 0 aromatic heterocycles. The summed E-state index contributed by atoms with van der Waals surface area (Å²) >= 11 is 2.91. The molecule has 0 spiro atoms. The lowest BCUT2D eigenvalue weighted by atomic mass is 10.3. The number of sulfonamides is 1. The number of rotatable bonds is 4. The minimum absolute atomic E-state index is 0.0393. The number of hydrogen-bond donors (Lipinski definition) is 1. The van der Waals surface area contributed by atoms with Gasteiger partial charge in [0.05, 0.1) is 12.7 Å². The van der Waals surface area contributed by atoms with Crippen molar-refractivity contribution in [2.24, 2.45) is 0 Å². The lowest BCUT2D eigenvalue weighted by molar-refractivity contribution is -0.0156. The van der Waals surface area contributed by atoms with Gasteiger partial charge >= 0.3 is 0 Å². The summed E-state index contributed by atoms with van der Waals surface area (Å²) in [7, 11) is -1.17. The van der Waals surface area contributed by atoms with Crippen molar-refractivity contribution in [3.63, 3.8) is 0 Å². The molecule has 5 nitrogen and oxygen atoms in total. The highest BCUT2D eigenvalue weighted by atomic mass is 79.9. The SMILES string of the molecule is CN1CCOC(CNS(=O)(=O)CBr)C1. The average Bonchev–Trinajstić information content (AvgIpc) is 2.15. The van der Waals surface area contributed by atoms with Crippen molar-refractivity contribution in [3.8, 4) is 0 Å². The topological polar surface area (TPSA) is 58.6 Å². The highest BCUT2D eigenvalue weighted by Crippen LogP contribution is 2.02. The molecule has 0 bridgehead atoms. The fraction of sp³-hybridized carbons (Fsp3) is 1.00. The number of nitrogens with one attached hydrogen (secondary N) is 1. The Labute approximate surface area is 93.0 Å². The van der Waals surface area contributed by atoms with Crippen LogP contribution in [-0.2, 0) is 14.8 Å². The van der Waals surface area contributed by atoms with Crippen LogP contribution in [0.1, 0.15) is 0 Å². The van der Waals surface area contributed by atoms with Crippen LogP contribution in [0.5, 0.6) is 0 Å². The van der Waals surface area contributed by atoms with Gasteiger partial charge in [-0.3, -0.25) is 0 Å². The van der Waals surface area contributed by atoms with E-state index in [2.05, 4.69) is 25.6 Å². The molecule has 1 rings (SSSR count). The Kier molecular flexibility index (Phi) is 4.78. The molecule has 0 radical (unpaired) electrons. The lowest BCUT2D eigenvalue weighted by Crippen LogP contribution is -2.46. The van der Waals surface area contributed by atoms with Gasteiger partial charge in [0.2, 0.25) is 10.0 Å². The Morgan fingerprint density at radius 2 is 2.36 bits per heavy atom. The summed E-state index contributed by atoms with van der Waals surface area (Å²) in [6.45, 7) is 2.68. The second-order valence-electron chi connectivity index (χ2n) is 3.33. The monoisotopic (exact) mass is 286 g/mol. The average molecular weight is 287 g/mol. The summed E-state index contributed by atoms with van der Waals surface area (Å²) in [5.74, 6) is 0. The van der Waals surface area contributed by atoms with Crippen molar-refractivity contribution in [3.05, 3.63) is 0 Å². The first-order valence-electron chi connectivity index (χ1n) is 4.37. The minimum Gasteiger partial charge on any atom is -0.374 e. The molecule has 1 aliphatic heterocycles. The van der Waals surface area contributed by atoms with Crippen LogP contribution in [0.15, 0.2) is 0 Å². The number of alkyl halides is 1. The number of morpholine rings is 1. The van der Waals surface area contributed by atoms with Crippen LogP contribution in [-0.4, -0.2) is 57.4 Å². The van der Waals surface area contributed by atoms with E-state index in [4.69, 9.17) is 4.74 Å². The molecular formula is C7H15BrN2O3S. The second-order valence-corrected chi connectivity index (χ2v) is 6.44. The predicted molar refractivity (Wildman–Crippen MR) is 58.0 cm³/mol. The Hall–Kier alpha value is 0.310. The lowest BCUT2D eigenvalue weighted by Gasteiger charge is -2.29. The van der Waals surface area contributed by atoms with E-state index in [-0.39, 0.29) is 10.8 Å². The predicted octanol–water partition coefficient (Wildman–Crippen LogP) is -0.411. The molecule has 1 aliphatic rings. The minimum atomic E-state index is -3.17. The largest absolute Gasteiger partial charge is 0.374 e. The standard InChI is InChI=1S/C7H15BrN2O3S/c1-10-2-3-13-7(5-10)4-9-14(11,12)6-8/h7,9H,2-6H2,1H3. The highest BCUT2D eigenvalue weighted by Gasteiger charge is 2.19. The molecule has 0 aromatic rings. The fourth-order valence-electron chi connectivity index (χ4n) is 1.25. The van der Waals surface area contributed by atoms with Crippen molar-refractivity contribution in [1.29, 1.82) is 0 Å². The smallest absolute Gasteiger partial charge is 0.221 e. The van der Waals surface area contributed by atoms with Crippen LogP contribution in [0, 0.1) is 0 Å². The van der Waals surface area contributed by atoms with Gasteiger partial charge in [-0.15, -0.1) is 0 Å². The van der Waals surface area contributed by atoms with Gasteiger partial charge in [-0.05, 0) is 7.05 Å². The Morgan fingerprint density at radius 1 is 1.64 bits per heavy atom. The first-order chi connectivity index (χ1) is 6.53. The molecule has 7 heteroatoms. The zero-order chi connectivity index (χ0) is 10.6. The fourth-order valence-corrected chi connectivity index (χ4v) is 2.25. The van der Waals surface area contributed by atoms with E-state index >= 15 is 0 Å². The molecule has 0 aliphatic carbocycles. The zero-order valence-corrected chi connectivity index (χ0v) is 10.5. The summed E-state index contributed by atoms with van der Waals surface area (Å²) in [6, 6.07) is 0. The summed E-state index contributed by atoms with van der Waals surface area (Å²) in [6.07, 6.45) is -0.0393. The molecule has 0 aromatic carbocycles. The van der Waals surface area contributed by atoms with Crippen LogP contribution in [0.25, 0.3) is 0 Å². The van der Waals surface area contributed by atoms with Crippen LogP contribution in [0.2, 0.25) is 0 Å². The van der Waals surface area contributed by atoms with E-state index in [9.17, 15) is 8.42 Å². The van der Waals surface area contributed by atoms with Crippen LogP contribution >= 0.6 is 15.9 Å². The first kappa shape index (κ1) is 12.4. The Balaban J connectivity index is 2.31. The maximum atomic E-state index is 11.1. The van der Waals surface area contributed by atoms with Crippen molar-refractivity contribution in [2.45, 2.75) is 6.10 Å². The van der Waals surface area contributed by atoms with Gasteiger partial charge in [-0.25, -0.2) is 13.1 Å². The molecule has 0 saturated carbocycles. The quantitative estimate of drug-likeness (QED) is 0.714. The molecule has 1 saturated heterocycles. The number of nitrogens with zero attached hydrogens (tertiary/aromatic N) is 1. The second kappa shape index (κ2) is 5.41. The summed E-state index contributed by atoms with van der Waals surface area (Å²) in [4.78, 5) is 2.12. The molecule has 1 heterocycles. The van der Waals surface area contributed by atoms with Gasteiger partial charge < -0.3 is 9.64 Å². The summed E-state index contributed by atoms with van der Waals surface area (Å²) in [5, 5.41) is 0. The van der Waals surface area contributed by atoms with Crippen molar-refractivity contribution in [1.82, 2.24) is 9.62 Å². The molecule has 84 valence electrons. The van der Waals surface area contributed by atoms with Crippen LogP contribution in [0.3, 0.4) is 0 Å². The highest BCUT2D eigenvalue weighted by molar-refractivity contribution is 9.10. The molecule has 1 unspecified atom stereocenters. The zero-order valence-electron chi connectivity index (χ0n) is 8.07. The van der Waals surface area contributed by atoms with E-state index in [0.29, 0.717) is 13.2 Å². The number of halogens is 1. The van der Waals surface area contributed by atoms with Crippen LogP contribution < -0.4 is 4.72 Å². The van der Waals surface area contributed by atoms with Crippen molar-refractivity contribution < 1.29 is 13.2 Å². The van der Waals surface area contributed by atoms with Gasteiger partial charge in [0, 0.05) is 19.6 Å². The molecule has 1 N–H and O–H groups in total. The maximum Gasteiger partial charge on any atom is 0.221 e. The third-order valence-corrected chi connectivity index (χ3v) is 4.72. The van der Waals surface area contributed by atoms with Gasteiger partial charge in [0.25, 0.3) is 0 Å². The van der Waals surface area contributed by atoms with Gasteiger partial charge in [0.15, 0.2) is 0 Å². The normalized spacial score (nSPS) is 25.1. The number of ether oxygens (including phenoxy) is 1.